The van der Waals surface area contributed by atoms with Crippen LogP contribution in [-0.4, -0.2) is 16.8 Å². The van der Waals surface area contributed by atoms with Crippen molar-refractivity contribution in [3.63, 3.8) is 0 Å². The average molecular weight is 252 g/mol. The second-order valence-corrected chi connectivity index (χ2v) is 4.18. The van der Waals surface area contributed by atoms with Crippen molar-refractivity contribution in [2.45, 2.75) is 20.3 Å². The lowest BCUT2D eigenvalue weighted by Crippen LogP contribution is -1.94. The molecule has 96 valence electrons. The van der Waals surface area contributed by atoms with E-state index in [4.69, 9.17) is 4.74 Å². The smallest absolute Gasteiger partial charge is 0.136 e. The van der Waals surface area contributed by atoms with Crippen LogP contribution in [0.2, 0.25) is 0 Å². The van der Waals surface area contributed by atoms with Gasteiger partial charge in [-0.1, -0.05) is 12.8 Å². The van der Waals surface area contributed by atoms with Gasteiger partial charge in [-0.2, -0.15) is 5.10 Å². The summed E-state index contributed by atoms with van der Waals surface area (Å²) in [6.07, 6.45) is 1.01. The van der Waals surface area contributed by atoms with Crippen LogP contribution in [0, 0.1) is 18.8 Å². The zero-order valence-electron chi connectivity index (χ0n) is 11.2. The predicted octanol–water partition coefficient (Wildman–Crippen LogP) is 2.97. The van der Waals surface area contributed by atoms with Crippen LogP contribution < -0.4 is 4.74 Å². The maximum absolute atomic E-state index is 5.52. The molecule has 2 rings (SSSR count). The molecule has 0 amide bonds. The number of hydrogen-bond donors (Lipinski definition) is 0. The second kappa shape index (κ2) is 6.55. The van der Waals surface area contributed by atoms with Crippen LogP contribution in [0.5, 0.6) is 5.75 Å². The third kappa shape index (κ3) is 4.11. The van der Waals surface area contributed by atoms with Crippen molar-refractivity contribution in [1.29, 1.82) is 0 Å². The van der Waals surface area contributed by atoms with E-state index in [1.165, 1.54) is 0 Å². The van der Waals surface area contributed by atoms with Gasteiger partial charge in [-0.05, 0) is 55.7 Å². The minimum atomic E-state index is 0.678. The fourth-order valence-corrected chi connectivity index (χ4v) is 1.46. The topological polar surface area (TPSA) is 35.0 Å². The van der Waals surface area contributed by atoms with Crippen molar-refractivity contribution < 1.29 is 4.74 Å². The van der Waals surface area contributed by atoms with E-state index in [9.17, 15) is 0 Å². The molecule has 19 heavy (non-hydrogen) atoms. The summed E-state index contributed by atoms with van der Waals surface area (Å²) in [7, 11) is 0. The van der Waals surface area contributed by atoms with Crippen LogP contribution in [0.3, 0.4) is 0 Å². The zero-order chi connectivity index (χ0) is 13.5. The van der Waals surface area contributed by atoms with Crippen molar-refractivity contribution in [2.24, 2.45) is 0 Å². The first-order valence-corrected chi connectivity index (χ1v) is 6.33. The molecule has 0 unspecified atom stereocenters. The predicted molar refractivity (Wildman–Crippen MR) is 75.0 cm³/mol. The van der Waals surface area contributed by atoms with Crippen LogP contribution in [0.4, 0.5) is 0 Å². The summed E-state index contributed by atoms with van der Waals surface area (Å²) in [6, 6.07) is 11.5. The first kappa shape index (κ1) is 13.1. The molecule has 1 aromatic heterocycles. The van der Waals surface area contributed by atoms with E-state index in [2.05, 4.69) is 29.0 Å². The van der Waals surface area contributed by atoms with Gasteiger partial charge in [-0.25, -0.2) is 0 Å². The summed E-state index contributed by atoms with van der Waals surface area (Å²) >= 11 is 0. The Hall–Kier alpha value is -2.34. The lowest BCUT2D eigenvalue weighted by atomic mass is 10.2. The number of benzene rings is 1. The van der Waals surface area contributed by atoms with E-state index >= 15 is 0 Å². The minimum absolute atomic E-state index is 0.678. The minimum Gasteiger partial charge on any atom is -0.494 e. The standard InChI is InChI=1S/C16H16N2O/c1-3-12-19-16-10-6-14(7-11-16)5-9-15-8-4-13(2)17-18-15/h4,6-8,10-11H,3,12H2,1-2H3. The van der Waals surface area contributed by atoms with Crippen molar-refractivity contribution >= 4 is 0 Å². The third-order valence-corrected chi connectivity index (χ3v) is 2.46. The van der Waals surface area contributed by atoms with Crippen molar-refractivity contribution in [3.8, 4) is 17.6 Å². The Morgan fingerprint density at radius 2 is 1.79 bits per heavy atom. The number of hydrogen-bond acceptors (Lipinski definition) is 3. The fraction of sp³-hybridized carbons (Fsp3) is 0.250. The van der Waals surface area contributed by atoms with Gasteiger partial charge in [0, 0.05) is 5.56 Å². The Labute approximate surface area is 113 Å². The highest BCUT2D eigenvalue weighted by molar-refractivity contribution is 5.42. The van der Waals surface area contributed by atoms with Gasteiger partial charge in [0.2, 0.25) is 0 Å². The Morgan fingerprint density at radius 3 is 2.42 bits per heavy atom. The maximum Gasteiger partial charge on any atom is 0.136 e. The molecular weight excluding hydrogens is 236 g/mol. The van der Waals surface area contributed by atoms with Gasteiger partial charge in [0.05, 0.1) is 12.3 Å². The van der Waals surface area contributed by atoms with Gasteiger partial charge in [0.1, 0.15) is 11.4 Å². The van der Waals surface area contributed by atoms with Crippen molar-refractivity contribution in [1.82, 2.24) is 10.2 Å². The zero-order valence-corrected chi connectivity index (χ0v) is 11.2. The Kier molecular flexibility index (Phi) is 4.52. The van der Waals surface area contributed by atoms with E-state index in [1.807, 2.05) is 43.3 Å². The Morgan fingerprint density at radius 1 is 1.00 bits per heavy atom. The summed E-state index contributed by atoms with van der Waals surface area (Å²) in [5.41, 5.74) is 2.51. The molecule has 1 aromatic carbocycles. The number of nitrogens with zero attached hydrogens (tertiary/aromatic N) is 2. The van der Waals surface area contributed by atoms with Gasteiger partial charge in [-0.3, -0.25) is 0 Å². The Bertz CT molecular complexity index is 577. The molecule has 0 radical (unpaired) electrons. The van der Waals surface area contributed by atoms with Crippen LogP contribution in [0.1, 0.15) is 30.3 Å². The number of aromatic nitrogens is 2. The van der Waals surface area contributed by atoms with Crippen molar-refractivity contribution in [2.75, 3.05) is 6.61 Å². The van der Waals surface area contributed by atoms with E-state index in [-0.39, 0.29) is 0 Å². The normalized spacial score (nSPS) is 9.58. The lowest BCUT2D eigenvalue weighted by Gasteiger charge is -2.03. The molecule has 0 aliphatic heterocycles. The summed E-state index contributed by atoms with van der Waals surface area (Å²) in [5.74, 6) is 6.92. The molecule has 0 bridgehead atoms. The summed E-state index contributed by atoms with van der Waals surface area (Å²) in [5, 5.41) is 7.97. The van der Waals surface area contributed by atoms with Crippen LogP contribution in [-0.2, 0) is 0 Å². The lowest BCUT2D eigenvalue weighted by molar-refractivity contribution is 0.317. The highest BCUT2D eigenvalue weighted by Crippen LogP contribution is 2.11. The van der Waals surface area contributed by atoms with Gasteiger partial charge in [-0.15, -0.1) is 5.10 Å². The molecule has 0 saturated carbocycles. The van der Waals surface area contributed by atoms with E-state index in [0.29, 0.717) is 5.69 Å². The van der Waals surface area contributed by atoms with Crippen LogP contribution in [0.15, 0.2) is 36.4 Å². The molecule has 0 aliphatic carbocycles. The SMILES string of the molecule is CCCOc1ccc(C#Cc2ccc(C)nn2)cc1. The van der Waals surface area contributed by atoms with Crippen LogP contribution in [0.25, 0.3) is 0 Å². The van der Waals surface area contributed by atoms with E-state index in [1.54, 1.807) is 0 Å². The van der Waals surface area contributed by atoms with E-state index < -0.39 is 0 Å². The number of ether oxygens (including phenoxy) is 1. The third-order valence-electron chi connectivity index (χ3n) is 2.46. The first-order chi connectivity index (χ1) is 9.28. The highest BCUT2D eigenvalue weighted by atomic mass is 16.5. The fourth-order valence-electron chi connectivity index (χ4n) is 1.46. The summed E-state index contributed by atoms with van der Waals surface area (Å²) in [4.78, 5) is 0. The van der Waals surface area contributed by atoms with Gasteiger partial charge in [0.15, 0.2) is 0 Å². The molecule has 0 fully saturated rings. The number of rotatable bonds is 3. The van der Waals surface area contributed by atoms with Gasteiger partial charge < -0.3 is 4.74 Å². The quantitative estimate of drug-likeness (QED) is 0.788. The van der Waals surface area contributed by atoms with Gasteiger partial charge in [0.25, 0.3) is 0 Å². The average Bonchev–Trinajstić information content (AvgIpc) is 2.46. The Balaban J connectivity index is 2.05. The molecular formula is C16H16N2O. The maximum atomic E-state index is 5.52. The highest BCUT2D eigenvalue weighted by Gasteiger charge is 1.93. The molecule has 0 aliphatic rings. The summed E-state index contributed by atoms with van der Waals surface area (Å²) < 4.78 is 5.52. The van der Waals surface area contributed by atoms with E-state index in [0.717, 1.165) is 30.0 Å². The van der Waals surface area contributed by atoms with Crippen molar-refractivity contribution in [3.05, 3.63) is 53.3 Å². The van der Waals surface area contributed by atoms with Crippen LogP contribution >= 0.6 is 0 Å². The monoisotopic (exact) mass is 252 g/mol. The summed E-state index contributed by atoms with van der Waals surface area (Å²) in [6.45, 7) is 4.73. The first-order valence-electron chi connectivity index (χ1n) is 6.33. The number of aryl methyl sites for hydroxylation is 1. The molecule has 2 aromatic rings. The molecule has 3 nitrogen and oxygen atoms in total. The molecule has 0 saturated heterocycles. The molecule has 3 heteroatoms. The molecule has 1 heterocycles. The largest absolute Gasteiger partial charge is 0.494 e. The molecule has 0 spiro atoms. The van der Waals surface area contributed by atoms with Gasteiger partial charge >= 0.3 is 0 Å². The second-order valence-electron chi connectivity index (χ2n) is 4.18. The molecule has 0 N–H and O–H groups in total. The molecule has 0 atom stereocenters.